The average Bonchev–Trinajstić information content (AvgIpc) is 1.72. The van der Waals surface area contributed by atoms with Crippen molar-refractivity contribution in [3.8, 4) is 0 Å². The quantitative estimate of drug-likeness (QED) is 0.445. The van der Waals surface area contributed by atoms with Crippen LogP contribution in [0.1, 0.15) is 0 Å². The van der Waals surface area contributed by atoms with Crippen LogP contribution in [-0.4, -0.2) is 15.4 Å². The van der Waals surface area contributed by atoms with E-state index in [0.717, 1.165) is 0 Å². The molecule has 0 spiro atoms. The van der Waals surface area contributed by atoms with Gasteiger partial charge in [0.2, 0.25) is 0 Å². The van der Waals surface area contributed by atoms with Gasteiger partial charge < -0.3 is 5.48 Å². The Kier molecular flexibility index (Phi) is 2.79. The van der Waals surface area contributed by atoms with Crippen LogP contribution in [0.25, 0.3) is 0 Å². The van der Waals surface area contributed by atoms with Gasteiger partial charge in [-0.1, -0.05) is 0 Å². The van der Waals surface area contributed by atoms with Gasteiger partial charge in [0.05, 0.1) is 0 Å². The SMILES string of the molecule is O.c1cncnc1. The van der Waals surface area contributed by atoms with Crippen LogP contribution in [-0.2, 0) is 0 Å². The van der Waals surface area contributed by atoms with E-state index >= 15 is 0 Å². The van der Waals surface area contributed by atoms with Gasteiger partial charge in [-0.2, -0.15) is 0 Å². The smallest absolute Gasteiger partial charge is 0.115 e. The molecule has 0 aliphatic heterocycles. The molecule has 0 unspecified atom stereocenters. The molecule has 2 N–H and O–H groups in total. The Morgan fingerprint density at radius 3 is 1.71 bits per heavy atom. The monoisotopic (exact) mass is 98.0 g/mol. The van der Waals surface area contributed by atoms with Crippen molar-refractivity contribution >= 4 is 0 Å². The number of nitrogens with zero attached hydrogens (tertiary/aromatic N) is 2. The zero-order valence-corrected chi connectivity index (χ0v) is 3.70. The molecule has 0 atom stereocenters. The molecular weight excluding hydrogens is 92.1 g/mol. The number of rotatable bonds is 0. The van der Waals surface area contributed by atoms with E-state index in [-0.39, 0.29) is 5.48 Å². The van der Waals surface area contributed by atoms with Gasteiger partial charge >= 0.3 is 0 Å². The highest BCUT2D eigenvalue weighted by Crippen LogP contribution is 1.66. The summed E-state index contributed by atoms with van der Waals surface area (Å²) in [6, 6.07) is 1.78. The Morgan fingerprint density at radius 1 is 1.00 bits per heavy atom. The molecule has 7 heavy (non-hydrogen) atoms. The van der Waals surface area contributed by atoms with Gasteiger partial charge in [-0.25, -0.2) is 9.97 Å². The summed E-state index contributed by atoms with van der Waals surface area (Å²) in [5, 5.41) is 0. The molecule has 0 aliphatic rings. The van der Waals surface area contributed by atoms with Crippen molar-refractivity contribution in [1.82, 2.24) is 9.97 Å². The normalized spacial score (nSPS) is 6.86. The fourth-order valence-electron chi connectivity index (χ4n) is 0.253. The predicted molar refractivity (Wildman–Crippen MR) is 25.6 cm³/mol. The van der Waals surface area contributed by atoms with Crippen molar-refractivity contribution in [2.24, 2.45) is 0 Å². The highest BCUT2D eigenvalue weighted by molar-refractivity contribution is 4.74. The topological polar surface area (TPSA) is 57.3 Å². The highest BCUT2D eigenvalue weighted by Gasteiger charge is 1.59. The first-order chi connectivity index (χ1) is 3.00. The van der Waals surface area contributed by atoms with Crippen LogP contribution < -0.4 is 0 Å². The van der Waals surface area contributed by atoms with E-state index in [1.807, 2.05) is 0 Å². The summed E-state index contributed by atoms with van der Waals surface area (Å²) in [5.41, 5.74) is 0. The summed E-state index contributed by atoms with van der Waals surface area (Å²) < 4.78 is 0. The second kappa shape index (κ2) is 3.24. The van der Waals surface area contributed by atoms with Crippen LogP contribution in [0.4, 0.5) is 0 Å². The molecule has 0 radical (unpaired) electrons. The molecule has 0 fully saturated rings. The van der Waals surface area contributed by atoms with Gasteiger partial charge in [0.25, 0.3) is 0 Å². The Labute approximate surface area is 41.4 Å². The average molecular weight is 98.1 g/mol. The van der Waals surface area contributed by atoms with Crippen LogP contribution >= 0.6 is 0 Å². The highest BCUT2D eigenvalue weighted by atomic mass is 16.0. The molecule has 0 bridgehead atoms. The molecule has 1 aromatic heterocycles. The molecule has 1 rings (SSSR count). The summed E-state index contributed by atoms with van der Waals surface area (Å²) >= 11 is 0. The molecule has 0 saturated heterocycles. The van der Waals surface area contributed by atoms with Gasteiger partial charge in [-0.05, 0) is 6.07 Å². The van der Waals surface area contributed by atoms with E-state index in [1.54, 1.807) is 18.5 Å². The first kappa shape index (κ1) is 6.04. The summed E-state index contributed by atoms with van der Waals surface area (Å²) in [7, 11) is 0. The molecule has 1 heterocycles. The van der Waals surface area contributed by atoms with E-state index in [1.165, 1.54) is 6.33 Å². The second-order valence-corrected chi connectivity index (χ2v) is 0.904. The fraction of sp³-hybridized carbons (Fsp3) is 0. The summed E-state index contributed by atoms with van der Waals surface area (Å²) in [6.07, 6.45) is 4.88. The predicted octanol–water partition coefficient (Wildman–Crippen LogP) is -0.348. The standard InChI is InChI=1S/C4H4N2.H2O/c1-2-5-4-6-3-1;/h1-4H;1H2. The third-order valence-electron chi connectivity index (χ3n) is 0.478. The molecule has 1 aromatic rings. The second-order valence-electron chi connectivity index (χ2n) is 0.904. The third kappa shape index (κ3) is 1.83. The summed E-state index contributed by atoms with van der Waals surface area (Å²) in [6.45, 7) is 0. The van der Waals surface area contributed by atoms with Gasteiger partial charge in [0.15, 0.2) is 0 Å². The van der Waals surface area contributed by atoms with Crippen molar-refractivity contribution in [2.45, 2.75) is 0 Å². The Hall–Kier alpha value is -0.960. The van der Waals surface area contributed by atoms with Crippen molar-refractivity contribution < 1.29 is 5.48 Å². The lowest BCUT2D eigenvalue weighted by Crippen LogP contribution is -1.66. The lowest BCUT2D eigenvalue weighted by atomic mass is 10.7. The van der Waals surface area contributed by atoms with Gasteiger partial charge in [0.1, 0.15) is 6.33 Å². The maximum Gasteiger partial charge on any atom is 0.115 e. The Morgan fingerprint density at radius 2 is 1.57 bits per heavy atom. The number of hydrogen-bond donors (Lipinski definition) is 0. The minimum atomic E-state index is 0. The number of aromatic nitrogens is 2. The molecule has 3 heteroatoms. The van der Waals surface area contributed by atoms with Crippen LogP contribution in [0.2, 0.25) is 0 Å². The molecule has 0 aliphatic carbocycles. The van der Waals surface area contributed by atoms with Gasteiger partial charge in [-0.3, -0.25) is 0 Å². The fourth-order valence-corrected chi connectivity index (χ4v) is 0.253. The Balaban J connectivity index is 0.000000360. The lowest BCUT2D eigenvalue weighted by Gasteiger charge is -1.70. The summed E-state index contributed by atoms with van der Waals surface area (Å²) in [4.78, 5) is 7.35. The molecule has 38 valence electrons. The molecule has 0 saturated carbocycles. The molecule has 0 aromatic carbocycles. The van der Waals surface area contributed by atoms with Crippen LogP contribution in [0, 0.1) is 0 Å². The maximum atomic E-state index is 3.67. The zero-order valence-electron chi connectivity index (χ0n) is 3.70. The van der Waals surface area contributed by atoms with Crippen molar-refractivity contribution in [1.29, 1.82) is 0 Å². The minimum Gasteiger partial charge on any atom is -0.412 e. The number of hydrogen-bond acceptors (Lipinski definition) is 2. The largest absolute Gasteiger partial charge is 0.412 e. The first-order valence-electron chi connectivity index (χ1n) is 1.70. The third-order valence-corrected chi connectivity index (χ3v) is 0.478. The molecule has 0 amide bonds. The molecule has 3 nitrogen and oxygen atoms in total. The van der Waals surface area contributed by atoms with Crippen LogP contribution in [0.3, 0.4) is 0 Å². The van der Waals surface area contributed by atoms with Crippen LogP contribution in [0.15, 0.2) is 24.8 Å². The van der Waals surface area contributed by atoms with E-state index in [9.17, 15) is 0 Å². The van der Waals surface area contributed by atoms with E-state index in [0.29, 0.717) is 0 Å². The van der Waals surface area contributed by atoms with Gasteiger partial charge in [-0.15, -0.1) is 0 Å². The van der Waals surface area contributed by atoms with E-state index < -0.39 is 0 Å². The van der Waals surface area contributed by atoms with E-state index in [4.69, 9.17) is 0 Å². The maximum absolute atomic E-state index is 3.67. The van der Waals surface area contributed by atoms with E-state index in [2.05, 4.69) is 9.97 Å². The zero-order chi connectivity index (χ0) is 4.24. The van der Waals surface area contributed by atoms with Gasteiger partial charge in [0, 0.05) is 12.4 Å². The Bertz CT molecular complexity index is 81.6. The lowest BCUT2D eigenvalue weighted by molar-refractivity contribution is 0.824. The van der Waals surface area contributed by atoms with Crippen molar-refractivity contribution in [2.75, 3.05) is 0 Å². The van der Waals surface area contributed by atoms with Crippen molar-refractivity contribution in [3.63, 3.8) is 0 Å². The molecular formula is C4H6N2O. The summed E-state index contributed by atoms with van der Waals surface area (Å²) in [5.74, 6) is 0. The minimum absolute atomic E-state index is 0. The van der Waals surface area contributed by atoms with Crippen molar-refractivity contribution in [3.05, 3.63) is 24.8 Å². The van der Waals surface area contributed by atoms with Crippen LogP contribution in [0.5, 0.6) is 0 Å². The first-order valence-corrected chi connectivity index (χ1v) is 1.70.